The Morgan fingerprint density at radius 1 is 1.27 bits per heavy atom. The second kappa shape index (κ2) is 5.75. The largest absolute Gasteiger partial charge is 0.326 e. The SMILES string of the molecule is CC(C)CC(=O)Nc1ccc2c(c1)C1(CCCCC1)C(=O)N2. The van der Waals surface area contributed by atoms with Gasteiger partial charge in [0.15, 0.2) is 0 Å². The molecule has 0 aromatic heterocycles. The minimum absolute atomic E-state index is 0.0323. The summed E-state index contributed by atoms with van der Waals surface area (Å²) in [6, 6.07) is 5.79. The predicted molar refractivity (Wildman–Crippen MR) is 87.9 cm³/mol. The summed E-state index contributed by atoms with van der Waals surface area (Å²) in [5.74, 6) is 0.500. The molecule has 4 nitrogen and oxygen atoms in total. The van der Waals surface area contributed by atoms with E-state index in [1.807, 2.05) is 32.0 Å². The van der Waals surface area contributed by atoms with Crippen LogP contribution in [0, 0.1) is 5.92 Å². The maximum Gasteiger partial charge on any atom is 0.235 e. The van der Waals surface area contributed by atoms with Crippen molar-refractivity contribution in [1.29, 1.82) is 0 Å². The van der Waals surface area contributed by atoms with Gasteiger partial charge in [0.1, 0.15) is 0 Å². The van der Waals surface area contributed by atoms with E-state index in [4.69, 9.17) is 0 Å². The molecule has 2 amide bonds. The lowest BCUT2D eigenvalue weighted by atomic mass is 9.70. The highest BCUT2D eigenvalue weighted by Gasteiger charge is 2.47. The van der Waals surface area contributed by atoms with Crippen LogP contribution < -0.4 is 10.6 Å². The molecule has 2 N–H and O–H groups in total. The molecule has 0 atom stereocenters. The van der Waals surface area contributed by atoms with E-state index < -0.39 is 0 Å². The fourth-order valence-corrected chi connectivity index (χ4v) is 3.73. The van der Waals surface area contributed by atoms with Gasteiger partial charge in [0, 0.05) is 17.8 Å². The lowest BCUT2D eigenvalue weighted by Gasteiger charge is -2.31. The zero-order chi connectivity index (χ0) is 15.7. The Kier molecular flexibility index (Phi) is 3.94. The minimum Gasteiger partial charge on any atom is -0.326 e. The molecule has 0 radical (unpaired) electrons. The number of benzene rings is 1. The molecule has 3 rings (SSSR count). The molecule has 1 aliphatic heterocycles. The zero-order valence-corrected chi connectivity index (χ0v) is 13.4. The molecular weight excluding hydrogens is 276 g/mol. The smallest absolute Gasteiger partial charge is 0.235 e. The van der Waals surface area contributed by atoms with E-state index in [0.717, 1.165) is 42.6 Å². The zero-order valence-electron chi connectivity index (χ0n) is 13.4. The van der Waals surface area contributed by atoms with Crippen molar-refractivity contribution in [3.05, 3.63) is 23.8 Å². The third kappa shape index (κ3) is 2.62. The lowest BCUT2D eigenvalue weighted by Crippen LogP contribution is -2.36. The van der Waals surface area contributed by atoms with E-state index in [1.165, 1.54) is 6.42 Å². The Labute approximate surface area is 131 Å². The molecule has 2 aliphatic rings. The second-order valence-electron chi connectivity index (χ2n) is 7.00. The molecular formula is C18H24N2O2. The highest BCUT2D eigenvalue weighted by atomic mass is 16.2. The van der Waals surface area contributed by atoms with E-state index in [9.17, 15) is 9.59 Å². The number of hydrogen-bond donors (Lipinski definition) is 2. The number of hydrogen-bond acceptors (Lipinski definition) is 2. The number of amides is 2. The van der Waals surface area contributed by atoms with Crippen LogP contribution in [-0.4, -0.2) is 11.8 Å². The highest BCUT2D eigenvalue weighted by molar-refractivity contribution is 6.07. The van der Waals surface area contributed by atoms with Crippen LogP contribution in [0.4, 0.5) is 11.4 Å². The Morgan fingerprint density at radius 3 is 2.68 bits per heavy atom. The van der Waals surface area contributed by atoms with E-state index >= 15 is 0 Å². The Morgan fingerprint density at radius 2 is 2.00 bits per heavy atom. The van der Waals surface area contributed by atoms with Gasteiger partial charge in [-0.05, 0) is 42.5 Å². The van der Waals surface area contributed by atoms with Gasteiger partial charge >= 0.3 is 0 Å². The Balaban J connectivity index is 1.87. The van der Waals surface area contributed by atoms with Gasteiger partial charge in [-0.3, -0.25) is 9.59 Å². The summed E-state index contributed by atoms with van der Waals surface area (Å²) in [6.07, 6.45) is 5.73. The third-order valence-electron chi connectivity index (χ3n) is 4.80. The summed E-state index contributed by atoms with van der Waals surface area (Å²) in [7, 11) is 0. The van der Waals surface area contributed by atoms with Crippen LogP contribution >= 0.6 is 0 Å². The van der Waals surface area contributed by atoms with E-state index in [1.54, 1.807) is 0 Å². The third-order valence-corrected chi connectivity index (χ3v) is 4.80. The van der Waals surface area contributed by atoms with Gasteiger partial charge in [-0.15, -0.1) is 0 Å². The molecule has 1 aromatic carbocycles. The summed E-state index contributed by atoms with van der Waals surface area (Å²) >= 11 is 0. The monoisotopic (exact) mass is 300 g/mol. The number of nitrogens with one attached hydrogen (secondary N) is 2. The van der Waals surface area contributed by atoms with E-state index in [-0.39, 0.29) is 17.2 Å². The molecule has 0 bridgehead atoms. The number of carbonyl (C=O) groups is 2. The van der Waals surface area contributed by atoms with E-state index in [0.29, 0.717) is 12.3 Å². The maximum atomic E-state index is 12.5. The quantitative estimate of drug-likeness (QED) is 0.891. The van der Waals surface area contributed by atoms with Crippen LogP contribution in [0.3, 0.4) is 0 Å². The van der Waals surface area contributed by atoms with Gasteiger partial charge in [0.2, 0.25) is 11.8 Å². The van der Waals surface area contributed by atoms with Crippen molar-refractivity contribution >= 4 is 23.2 Å². The normalized spacial score (nSPS) is 19.1. The summed E-state index contributed by atoms with van der Waals surface area (Å²) in [6.45, 7) is 4.06. The molecule has 1 saturated carbocycles. The molecule has 118 valence electrons. The fourth-order valence-electron chi connectivity index (χ4n) is 3.73. The van der Waals surface area contributed by atoms with Gasteiger partial charge in [-0.2, -0.15) is 0 Å². The highest BCUT2D eigenvalue weighted by Crippen LogP contribution is 2.48. The van der Waals surface area contributed by atoms with Crippen LogP contribution in [0.25, 0.3) is 0 Å². The van der Waals surface area contributed by atoms with Crippen LogP contribution in [0.15, 0.2) is 18.2 Å². The number of anilines is 2. The molecule has 1 fully saturated rings. The summed E-state index contributed by atoms with van der Waals surface area (Å²) in [5, 5.41) is 5.98. The van der Waals surface area contributed by atoms with Crippen LogP contribution in [0.5, 0.6) is 0 Å². The van der Waals surface area contributed by atoms with Crippen LogP contribution in [-0.2, 0) is 15.0 Å². The fraction of sp³-hybridized carbons (Fsp3) is 0.556. The first-order valence-corrected chi connectivity index (χ1v) is 8.27. The van der Waals surface area contributed by atoms with Gasteiger partial charge < -0.3 is 10.6 Å². The first-order valence-electron chi connectivity index (χ1n) is 8.27. The molecule has 1 spiro atoms. The number of fused-ring (bicyclic) bond motifs is 2. The van der Waals surface area contributed by atoms with Gasteiger partial charge in [0.25, 0.3) is 0 Å². The molecule has 0 unspecified atom stereocenters. The molecule has 1 heterocycles. The van der Waals surface area contributed by atoms with Crippen molar-refractivity contribution < 1.29 is 9.59 Å². The number of carbonyl (C=O) groups excluding carboxylic acids is 2. The van der Waals surface area contributed by atoms with Gasteiger partial charge in [0.05, 0.1) is 5.41 Å². The van der Waals surface area contributed by atoms with Crippen LogP contribution in [0.2, 0.25) is 0 Å². The summed E-state index contributed by atoms with van der Waals surface area (Å²) in [4.78, 5) is 24.5. The topological polar surface area (TPSA) is 58.2 Å². The minimum atomic E-state index is -0.369. The van der Waals surface area contributed by atoms with Gasteiger partial charge in [-0.1, -0.05) is 33.1 Å². The number of rotatable bonds is 3. The van der Waals surface area contributed by atoms with Crippen molar-refractivity contribution in [2.24, 2.45) is 5.92 Å². The van der Waals surface area contributed by atoms with E-state index in [2.05, 4.69) is 10.6 Å². The Bertz CT molecular complexity index is 601. The predicted octanol–water partition coefficient (Wildman–Crippen LogP) is 3.83. The van der Waals surface area contributed by atoms with Crippen molar-refractivity contribution in [3.63, 3.8) is 0 Å². The van der Waals surface area contributed by atoms with Crippen molar-refractivity contribution in [2.45, 2.75) is 57.8 Å². The summed E-state index contributed by atoms with van der Waals surface area (Å²) in [5.41, 5.74) is 2.41. The molecule has 1 aromatic rings. The standard InChI is InChI=1S/C18H24N2O2/c1-12(2)10-16(21)19-13-6-7-15-14(11-13)18(17(22)20-15)8-4-3-5-9-18/h6-7,11-12H,3-5,8-10H2,1-2H3,(H,19,21)(H,20,22). The summed E-state index contributed by atoms with van der Waals surface area (Å²) < 4.78 is 0. The molecule has 0 saturated heterocycles. The van der Waals surface area contributed by atoms with Crippen molar-refractivity contribution in [2.75, 3.05) is 10.6 Å². The molecule has 4 heteroatoms. The van der Waals surface area contributed by atoms with Crippen molar-refractivity contribution in [3.8, 4) is 0 Å². The molecule has 1 aliphatic carbocycles. The van der Waals surface area contributed by atoms with Crippen LogP contribution in [0.1, 0.15) is 57.9 Å². The van der Waals surface area contributed by atoms with Gasteiger partial charge in [-0.25, -0.2) is 0 Å². The second-order valence-corrected chi connectivity index (χ2v) is 7.00. The van der Waals surface area contributed by atoms with Crippen molar-refractivity contribution in [1.82, 2.24) is 0 Å². The maximum absolute atomic E-state index is 12.5. The lowest BCUT2D eigenvalue weighted by molar-refractivity contribution is -0.122. The first kappa shape index (κ1) is 15.1. The molecule has 22 heavy (non-hydrogen) atoms. The average molecular weight is 300 g/mol. The Hall–Kier alpha value is -1.84. The average Bonchev–Trinajstić information content (AvgIpc) is 2.72. The first-order chi connectivity index (χ1) is 10.5.